The van der Waals surface area contributed by atoms with Crippen LogP contribution in [0.2, 0.25) is 10.0 Å². The number of esters is 1. The number of benzene rings is 1. The van der Waals surface area contributed by atoms with Crippen molar-refractivity contribution in [3.8, 4) is 0 Å². The molecule has 0 amide bonds. The Kier molecular flexibility index (Phi) is 4.59. The fourth-order valence-electron chi connectivity index (χ4n) is 2.16. The molecule has 1 saturated heterocycles. The molecule has 0 aromatic heterocycles. The van der Waals surface area contributed by atoms with Crippen LogP contribution < -0.4 is 5.32 Å². The molecule has 1 heterocycles. The van der Waals surface area contributed by atoms with Gasteiger partial charge in [-0.25, -0.2) is 8.42 Å². The van der Waals surface area contributed by atoms with Crippen LogP contribution in [0.1, 0.15) is 11.6 Å². The van der Waals surface area contributed by atoms with Crippen LogP contribution in [0.15, 0.2) is 18.2 Å². The van der Waals surface area contributed by atoms with Crippen molar-refractivity contribution in [2.45, 2.75) is 12.1 Å². The van der Waals surface area contributed by atoms with E-state index in [4.69, 9.17) is 23.2 Å². The zero-order chi connectivity index (χ0) is 14.9. The number of methoxy groups -OCH3 is 1. The van der Waals surface area contributed by atoms with Gasteiger partial charge >= 0.3 is 5.97 Å². The van der Waals surface area contributed by atoms with Crippen molar-refractivity contribution in [2.24, 2.45) is 0 Å². The fraction of sp³-hybridized carbons (Fsp3) is 0.417. The number of hydrogen-bond donors (Lipinski definition) is 1. The molecule has 0 spiro atoms. The van der Waals surface area contributed by atoms with E-state index >= 15 is 0 Å². The lowest BCUT2D eigenvalue weighted by Gasteiger charge is -2.30. The summed E-state index contributed by atoms with van der Waals surface area (Å²) in [6, 6.07) is 3.48. The summed E-state index contributed by atoms with van der Waals surface area (Å²) in [7, 11) is -2.16. The highest BCUT2D eigenvalue weighted by atomic mass is 35.5. The normalized spacial score (nSPS) is 25.1. The first-order valence-electron chi connectivity index (χ1n) is 5.82. The van der Waals surface area contributed by atoms with Crippen molar-refractivity contribution in [1.29, 1.82) is 0 Å². The predicted molar refractivity (Wildman–Crippen MR) is 76.8 cm³/mol. The van der Waals surface area contributed by atoms with Crippen molar-refractivity contribution in [1.82, 2.24) is 5.32 Å². The maximum Gasteiger partial charge on any atom is 0.323 e. The third kappa shape index (κ3) is 3.25. The molecule has 0 saturated carbocycles. The second kappa shape index (κ2) is 5.89. The third-order valence-electron chi connectivity index (χ3n) is 3.09. The molecule has 5 nitrogen and oxygen atoms in total. The Morgan fingerprint density at radius 3 is 2.70 bits per heavy atom. The Labute approximate surface area is 127 Å². The van der Waals surface area contributed by atoms with Gasteiger partial charge in [-0.2, -0.15) is 0 Å². The minimum Gasteiger partial charge on any atom is -0.468 e. The van der Waals surface area contributed by atoms with Crippen LogP contribution >= 0.6 is 23.2 Å². The highest BCUT2D eigenvalue weighted by Crippen LogP contribution is 2.32. The van der Waals surface area contributed by atoms with E-state index in [-0.39, 0.29) is 16.5 Å². The summed E-state index contributed by atoms with van der Waals surface area (Å²) in [5, 5.41) is 3.57. The molecular weight excluding hydrogens is 325 g/mol. The lowest BCUT2D eigenvalue weighted by molar-refractivity contribution is -0.142. The summed E-state index contributed by atoms with van der Waals surface area (Å²) in [6.07, 6.45) is 0. The van der Waals surface area contributed by atoms with E-state index in [0.717, 1.165) is 0 Å². The molecular formula is C12H13Cl2NO4S. The maximum atomic E-state index is 11.9. The molecule has 1 aliphatic heterocycles. The number of halogens is 2. The molecule has 1 N–H and O–H groups in total. The second-order valence-electron chi connectivity index (χ2n) is 4.51. The molecule has 1 aromatic rings. The number of ether oxygens (including phenoxy) is 1. The van der Waals surface area contributed by atoms with Crippen molar-refractivity contribution in [3.05, 3.63) is 33.8 Å². The van der Waals surface area contributed by atoms with E-state index < -0.39 is 27.9 Å². The van der Waals surface area contributed by atoms with Gasteiger partial charge in [0.1, 0.15) is 6.04 Å². The zero-order valence-electron chi connectivity index (χ0n) is 10.6. The van der Waals surface area contributed by atoms with Crippen LogP contribution in [0.25, 0.3) is 0 Å². The van der Waals surface area contributed by atoms with Crippen LogP contribution in [0.5, 0.6) is 0 Å². The van der Waals surface area contributed by atoms with Crippen LogP contribution in [0, 0.1) is 0 Å². The Morgan fingerprint density at radius 2 is 2.05 bits per heavy atom. The molecule has 8 heteroatoms. The van der Waals surface area contributed by atoms with Crippen LogP contribution in [-0.2, 0) is 19.4 Å². The quantitative estimate of drug-likeness (QED) is 0.829. The summed E-state index contributed by atoms with van der Waals surface area (Å²) in [6.45, 7) is 0. The van der Waals surface area contributed by atoms with Gasteiger partial charge in [0.2, 0.25) is 0 Å². The van der Waals surface area contributed by atoms with Gasteiger partial charge in [0, 0.05) is 6.04 Å². The summed E-state index contributed by atoms with van der Waals surface area (Å²) >= 11 is 12.0. The number of hydrogen-bond acceptors (Lipinski definition) is 5. The Hall–Kier alpha value is -0.820. The fourth-order valence-corrected chi connectivity index (χ4v) is 4.26. The topological polar surface area (TPSA) is 72.5 Å². The van der Waals surface area contributed by atoms with E-state index in [1.807, 2.05) is 0 Å². The number of carbonyl (C=O) groups excluding carboxylic acids is 1. The van der Waals surface area contributed by atoms with Gasteiger partial charge in [-0.3, -0.25) is 10.1 Å². The molecule has 2 rings (SSSR count). The Bertz CT molecular complexity index is 632. The van der Waals surface area contributed by atoms with E-state index in [1.54, 1.807) is 18.2 Å². The molecule has 1 aliphatic rings. The number of nitrogens with one attached hydrogen (secondary N) is 1. The molecule has 2 atom stereocenters. The second-order valence-corrected chi connectivity index (χ2v) is 7.45. The maximum absolute atomic E-state index is 11.9. The van der Waals surface area contributed by atoms with Gasteiger partial charge in [0.15, 0.2) is 9.84 Å². The van der Waals surface area contributed by atoms with Crippen LogP contribution in [0.4, 0.5) is 0 Å². The SMILES string of the molecule is COC(=O)C1CS(=O)(=O)CC(c2cccc(Cl)c2Cl)N1. The molecule has 110 valence electrons. The highest BCUT2D eigenvalue weighted by molar-refractivity contribution is 7.91. The predicted octanol–water partition coefficient (Wildman–Crippen LogP) is 1.59. The average molecular weight is 338 g/mol. The smallest absolute Gasteiger partial charge is 0.323 e. The van der Waals surface area contributed by atoms with Crippen LogP contribution in [-0.4, -0.2) is 39.0 Å². The molecule has 0 bridgehead atoms. The molecule has 0 aliphatic carbocycles. The first kappa shape index (κ1) is 15.6. The van der Waals surface area contributed by atoms with Crippen molar-refractivity contribution in [3.63, 3.8) is 0 Å². The number of rotatable bonds is 2. The summed E-state index contributed by atoms with van der Waals surface area (Å²) in [5.74, 6) is -1.04. The average Bonchev–Trinajstić information content (AvgIpc) is 2.39. The summed E-state index contributed by atoms with van der Waals surface area (Å²) < 4.78 is 28.5. The monoisotopic (exact) mass is 337 g/mol. The standard InChI is InChI=1S/C12H13Cl2NO4S/c1-19-12(16)10-6-20(17,18)5-9(15-10)7-3-2-4-8(13)11(7)14/h2-4,9-10,15H,5-6H2,1H3. The van der Waals surface area contributed by atoms with Crippen molar-refractivity contribution >= 4 is 39.0 Å². The molecule has 2 unspecified atom stereocenters. The van der Waals surface area contributed by atoms with Gasteiger partial charge in [-0.05, 0) is 11.6 Å². The van der Waals surface area contributed by atoms with E-state index in [9.17, 15) is 13.2 Å². The minimum atomic E-state index is -3.38. The largest absolute Gasteiger partial charge is 0.468 e. The molecule has 0 radical (unpaired) electrons. The third-order valence-corrected chi connectivity index (χ3v) is 5.60. The van der Waals surface area contributed by atoms with E-state index in [0.29, 0.717) is 10.6 Å². The summed E-state index contributed by atoms with van der Waals surface area (Å²) in [4.78, 5) is 11.6. The molecule has 1 aromatic carbocycles. The lowest BCUT2D eigenvalue weighted by Crippen LogP contribution is -2.51. The number of sulfone groups is 1. The van der Waals surface area contributed by atoms with Crippen molar-refractivity contribution < 1.29 is 17.9 Å². The first-order chi connectivity index (χ1) is 9.34. The lowest BCUT2D eigenvalue weighted by atomic mass is 10.1. The Morgan fingerprint density at radius 1 is 1.35 bits per heavy atom. The van der Waals surface area contributed by atoms with Gasteiger partial charge in [0.05, 0.1) is 28.7 Å². The van der Waals surface area contributed by atoms with Gasteiger partial charge in [-0.15, -0.1) is 0 Å². The van der Waals surface area contributed by atoms with Gasteiger partial charge in [-0.1, -0.05) is 35.3 Å². The summed E-state index contributed by atoms with van der Waals surface area (Å²) in [5.41, 5.74) is 0.552. The Balaban J connectivity index is 2.36. The number of carbonyl (C=O) groups is 1. The molecule has 20 heavy (non-hydrogen) atoms. The molecule has 1 fully saturated rings. The minimum absolute atomic E-state index is 0.138. The van der Waals surface area contributed by atoms with E-state index in [2.05, 4.69) is 10.1 Å². The van der Waals surface area contributed by atoms with Crippen molar-refractivity contribution in [2.75, 3.05) is 18.6 Å². The highest BCUT2D eigenvalue weighted by Gasteiger charge is 2.37. The first-order valence-corrected chi connectivity index (χ1v) is 8.40. The van der Waals surface area contributed by atoms with Gasteiger partial charge in [0.25, 0.3) is 0 Å². The van der Waals surface area contributed by atoms with E-state index in [1.165, 1.54) is 7.11 Å². The zero-order valence-corrected chi connectivity index (χ0v) is 12.9. The van der Waals surface area contributed by atoms with Crippen LogP contribution in [0.3, 0.4) is 0 Å². The van der Waals surface area contributed by atoms with Gasteiger partial charge < -0.3 is 4.74 Å².